The zero-order valence-electron chi connectivity index (χ0n) is 31.2. The number of nitrogens with zero attached hydrogens (tertiary/aromatic N) is 1. The van der Waals surface area contributed by atoms with E-state index in [0.29, 0.717) is 0 Å². The van der Waals surface area contributed by atoms with Crippen molar-refractivity contribution < 1.29 is 0 Å². The summed E-state index contributed by atoms with van der Waals surface area (Å²) >= 11 is 1.88. The van der Waals surface area contributed by atoms with Crippen LogP contribution in [0.25, 0.3) is 53.6 Å². The monoisotopic (exact) mass is 743 g/mol. The van der Waals surface area contributed by atoms with E-state index in [4.69, 9.17) is 0 Å². The van der Waals surface area contributed by atoms with E-state index in [9.17, 15) is 0 Å². The van der Waals surface area contributed by atoms with Crippen molar-refractivity contribution in [3.8, 4) is 33.4 Å². The second-order valence-electron chi connectivity index (χ2n) is 14.8. The van der Waals surface area contributed by atoms with Gasteiger partial charge in [0.2, 0.25) is 0 Å². The first kappa shape index (κ1) is 33.3. The Labute approximate surface area is 337 Å². The molecule has 1 aliphatic rings. The molecule has 268 valence electrons. The van der Waals surface area contributed by atoms with Crippen LogP contribution in [0.3, 0.4) is 0 Å². The third-order valence-electron chi connectivity index (χ3n) is 11.8. The fourth-order valence-corrected chi connectivity index (χ4v) is 10.5. The number of hydrogen-bond acceptors (Lipinski definition) is 2. The van der Waals surface area contributed by atoms with E-state index in [1.54, 1.807) is 0 Å². The van der Waals surface area contributed by atoms with Crippen LogP contribution in [0.2, 0.25) is 0 Å². The predicted molar refractivity (Wildman–Crippen MR) is 242 cm³/mol. The number of anilines is 3. The maximum atomic E-state index is 2.54. The number of thiophene rings is 1. The van der Waals surface area contributed by atoms with Crippen molar-refractivity contribution >= 4 is 48.6 Å². The Bertz CT molecular complexity index is 3020. The molecule has 2 heteroatoms. The molecule has 10 aromatic rings. The van der Waals surface area contributed by atoms with Gasteiger partial charge in [-0.15, -0.1) is 11.3 Å². The van der Waals surface area contributed by atoms with Crippen LogP contribution in [0, 0.1) is 0 Å². The largest absolute Gasteiger partial charge is 0.308 e. The highest BCUT2D eigenvalue weighted by Gasteiger charge is 2.46. The van der Waals surface area contributed by atoms with E-state index >= 15 is 0 Å². The van der Waals surface area contributed by atoms with E-state index < -0.39 is 5.41 Å². The summed E-state index contributed by atoms with van der Waals surface area (Å²) in [5.74, 6) is 0. The molecule has 0 bridgehead atoms. The average molecular weight is 744 g/mol. The molecule has 1 aliphatic carbocycles. The zero-order valence-corrected chi connectivity index (χ0v) is 32.0. The van der Waals surface area contributed by atoms with E-state index in [2.05, 4.69) is 229 Å². The van der Waals surface area contributed by atoms with Gasteiger partial charge >= 0.3 is 0 Å². The molecule has 57 heavy (non-hydrogen) atoms. The van der Waals surface area contributed by atoms with Gasteiger partial charge in [-0.05, 0) is 80.4 Å². The van der Waals surface area contributed by atoms with Crippen molar-refractivity contribution in [3.63, 3.8) is 0 Å². The molecule has 0 spiro atoms. The van der Waals surface area contributed by atoms with Crippen LogP contribution in [0.5, 0.6) is 0 Å². The van der Waals surface area contributed by atoms with E-state index in [1.807, 2.05) is 11.3 Å². The van der Waals surface area contributed by atoms with Gasteiger partial charge in [0.15, 0.2) is 0 Å². The summed E-state index contributed by atoms with van der Waals surface area (Å²) < 4.78 is 2.56. The zero-order chi connectivity index (χ0) is 37.8. The lowest BCUT2D eigenvalue weighted by atomic mass is 9.67. The first-order valence-electron chi connectivity index (χ1n) is 19.6. The van der Waals surface area contributed by atoms with Crippen molar-refractivity contribution in [1.29, 1.82) is 0 Å². The van der Waals surface area contributed by atoms with E-state index in [0.717, 1.165) is 17.1 Å². The van der Waals surface area contributed by atoms with Crippen LogP contribution in [0.1, 0.15) is 22.3 Å². The van der Waals surface area contributed by atoms with Crippen LogP contribution in [-0.2, 0) is 5.41 Å². The third kappa shape index (κ3) is 5.29. The van der Waals surface area contributed by atoms with Crippen LogP contribution in [0.4, 0.5) is 17.1 Å². The molecule has 0 N–H and O–H groups in total. The van der Waals surface area contributed by atoms with Crippen molar-refractivity contribution in [2.45, 2.75) is 5.41 Å². The maximum Gasteiger partial charge on any atom is 0.0714 e. The summed E-state index contributed by atoms with van der Waals surface area (Å²) in [7, 11) is 0. The van der Waals surface area contributed by atoms with Gasteiger partial charge in [-0.2, -0.15) is 0 Å². The van der Waals surface area contributed by atoms with Crippen LogP contribution in [0.15, 0.2) is 224 Å². The molecule has 0 saturated carbocycles. The van der Waals surface area contributed by atoms with Crippen molar-refractivity contribution in [1.82, 2.24) is 0 Å². The molecular weight excluding hydrogens is 707 g/mol. The molecule has 0 unspecified atom stereocenters. The van der Waals surface area contributed by atoms with Crippen molar-refractivity contribution in [2.75, 3.05) is 4.90 Å². The van der Waals surface area contributed by atoms with Gasteiger partial charge in [0.1, 0.15) is 0 Å². The molecule has 0 atom stereocenters. The SMILES string of the molecule is c1ccc(-c2ccc(-c3ccccc3)c(N(c3ccc4c(c3)C(c3ccccc3)(c3ccccc3)c3ccccc3-4)c3cccc4c3sc3ccccc34)c2)cc1. The summed E-state index contributed by atoms with van der Waals surface area (Å²) in [6.07, 6.45) is 0. The summed E-state index contributed by atoms with van der Waals surface area (Å²) in [5, 5.41) is 2.56. The Hall–Kier alpha value is -7.00. The number of fused-ring (bicyclic) bond motifs is 6. The average Bonchev–Trinajstić information content (AvgIpc) is 3.82. The molecule has 9 aromatic carbocycles. The molecule has 1 nitrogen and oxygen atoms in total. The van der Waals surface area contributed by atoms with E-state index in [1.165, 1.54) is 75.8 Å². The maximum absolute atomic E-state index is 2.54. The minimum absolute atomic E-state index is 0.520. The number of benzene rings is 9. The fraction of sp³-hybridized carbons (Fsp3) is 0.0182. The molecule has 0 saturated heterocycles. The molecular formula is C55H37NS. The molecule has 1 aromatic heterocycles. The van der Waals surface area contributed by atoms with E-state index in [-0.39, 0.29) is 0 Å². The molecule has 0 amide bonds. The first-order chi connectivity index (χ1) is 28.3. The van der Waals surface area contributed by atoms with Crippen LogP contribution < -0.4 is 4.90 Å². The van der Waals surface area contributed by atoms with Gasteiger partial charge in [0, 0.05) is 26.7 Å². The third-order valence-corrected chi connectivity index (χ3v) is 13.0. The van der Waals surface area contributed by atoms with Gasteiger partial charge in [-0.25, -0.2) is 0 Å². The van der Waals surface area contributed by atoms with Gasteiger partial charge in [0.25, 0.3) is 0 Å². The summed E-state index contributed by atoms with van der Waals surface area (Å²) in [4.78, 5) is 2.54. The normalized spacial score (nSPS) is 12.7. The Morgan fingerprint density at radius 1 is 0.351 bits per heavy atom. The summed E-state index contributed by atoms with van der Waals surface area (Å²) in [6, 6.07) is 82.6. The fourth-order valence-electron chi connectivity index (χ4n) is 9.28. The quantitative estimate of drug-likeness (QED) is 0.157. The Kier molecular flexibility index (Phi) is 7.98. The number of hydrogen-bond donors (Lipinski definition) is 0. The lowest BCUT2D eigenvalue weighted by molar-refractivity contribution is 0.768. The molecule has 1 heterocycles. The van der Waals surface area contributed by atoms with Gasteiger partial charge in [-0.3, -0.25) is 0 Å². The van der Waals surface area contributed by atoms with Crippen LogP contribution >= 0.6 is 11.3 Å². The molecule has 0 aliphatic heterocycles. The Morgan fingerprint density at radius 2 is 0.930 bits per heavy atom. The lowest BCUT2D eigenvalue weighted by Crippen LogP contribution is -2.28. The summed E-state index contributed by atoms with van der Waals surface area (Å²) in [6.45, 7) is 0. The number of rotatable bonds is 7. The predicted octanol–water partition coefficient (Wildman–Crippen LogP) is 15.2. The standard InChI is InChI=1S/C55H37NS/c1-5-18-38(19-6-1)40-32-34-44(39-20-7-2-8-21-39)52(36-40)56(51-30-17-28-48-47-27-14-16-31-53(47)57-54(48)51)43-33-35-46-45-26-13-15-29-49(45)55(50(46)37-43,41-22-9-3-10-23-41)42-24-11-4-12-25-42/h1-37H. The van der Waals surface area contributed by atoms with Gasteiger partial charge in [-0.1, -0.05) is 194 Å². The minimum Gasteiger partial charge on any atom is -0.308 e. The summed E-state index contributed by atoms with van der Waals surface area (Å²) in [5.41, 5.74) is 15.3. The molecule has 0 fully saturated rings. The second kappa shape index (κ2) is 13.6. The second-order valence-corrected chi connectivity index (χ2v) is 15.9. The Balaban J connectivity index is 1.25. The highest BCUT2D eigenvalue weighted by Crippen LogP contribution is 2.58. The molecule has 0 radical (unpaired) electrons. The lowest BCUT2D eigenvalue weighted by Gasteiger charge is -2.35. The smallest absolute Gasteiger partial charge is 0.0714 e. The van der Waals surface area contributed by atoms with Crippen molar-refractivity contribution in [2.24, 2.45) is 0 Å². The molecule has 11 rings (SSSR count). The minimum atomic E-state index is -0.520. The Morgan fingerprint density at radius 3 is 1.67 bits per heavy atom. The first-order valence-corrected chi connectivity index (χ1v) is 20.4. The highest BCUT2D eigenvalue weighted by molar-refractivity contribution is 7.26. The van der Waals surface area contributed by atoms with Gasteiger partial charge in [0.05, 0.1) is 21.5 Å². The van der Waals surface area contributed by atoms with Gasteiger partial charge < -0.3 is 4.90 Å². The topological polar surface area (TPSA) is 3.24 Å². The van der Waals surface area contributed by atoms with Crippen molar-refractivity contribution in [3.05, 3.63) is 247 Å². The van der Waals surface area contributed by atoms with Crippen LogP contribution in [-0.4, -0.2) is 0 Å². The highest BCUT2D eigenvalue weighted by atomic mass is 32.1.